The number of hydrogen-bond acceptors (Lipinski definition) is 1. The van der Waals surface area contributed by atoms with E-state index in [0.717, 1.165) is 17.2 Å². The Balaban J connectivity index is 3.08. The molecule has 72 valence electrons. The number of ether oxygens (including phenoxy) is 1. The molecule has 0 N–H and O–H groups in total. The zero-order chi connectivity index (χ0) is 9.84. The fourth-order valence-electron chi connectivity index (χ4n) is 1.29. The fraction of sp³-hybridized carbons (Fsp3) is 0.455. The molecule has 0 aromatic heterocycles. The van der Waals surface area contributed by atoms with Crippen LogP contribution in [0.1, 0.15) is 31.7 Å². The van der Waals surface area contributed by atoms with Crippen molar-refractivity contribution in [1.29, 1.82) is 0 Å². The van der Waals surface area contributed by atoms with E-state index in [1.54, 1.807) is 7.11 Å². The first kappa shape index (κ1) is 10.4. The van der Waals surface area contributed by atoms with Crippen LogP contribution < -0.4 is 4.74 Å². The Morgan fingerprint density at radius 2 is 2.15 bits per heavy atom. The Morgan fingerprint density at radius 3 is 2.69 bits per heavy atom. The molecule has 0 saturated heterocycles. The van der Waals surface area contributed by atoms with Gasteiger partial charge in [-0.15, -0.1) is 0 Å². The van der Waals surface area contributed by atoms with Crippen LogP contribution >= 0.6 is 11.6 Å². The van der Waals surface area contributed by atoms with E-state index in [-0.39, 0.29) is 0 Å². The van der Waals surface area contributed by atoms with Gasteiger partial charge in [0.25, 0.3) is 0 Å². The van der Waals surface area contributed by atoms with E-state index in [9.17, 15) is 0 Å². The average Bonchev–Trinajstić information content (AvgIpc) is 2.17. The maximum Gasteiger partial charge on any atom is 0.137 e. The Kier molecular flexibility index (Phi) is 3.61. The molecule has 0 bridgehead atoms. The van der Waals surface area contributed by atoms with Gasteiger partial charge in [0.2, 0.25) is 0 Å². The van der Waals surface area contributed by atoms with E-state index in [1.807, 2.05) is 12.1 Å². The van der Waals surface area contributed by atoms with Crippen molar-refractivity contribution in [2.75, 3.05) is 7.11 Å². The third-order valence-corrected chi connectivity index (χ3v) is 2.76. The normalized spacial score (nSPS) is 12.6. The molecule has 0 aliphatic rings. The summed E-state index contributed by atoms with van der Waals surface area (Å²) in [5.41, 5.74) is 1.17. The van der Waals surface area contributed by atoms with Crippen LogP contribution in [0.3, 0.4) is 0 Å². The maximum atomic E-state index is 6.16. The number of halogens is 1. The summed E-state index contributed by atoms with van der Waals surface area (Å²) in [7, 11) is 1.64. The van der Waals surface area contributed by atoms with Gasteiger partial charge in [0.05, 0.1) is 12.1 Å². The maximum absolute atomic E-state index is 6.16. The zero-order valence-corrected chi connectivity index (χ0v) is 9.06. The summed E-state index contributed by atoms with van der Waals surface area (Å²) in [5, 5.41) is 0.749. The van der Waals surface area contributed by atoms with Crippen molar-refractivity contribution in [3.8, 4) is 5.75 Å². The second kappa shape index (κ2) is 4.52. The Morgan fingerprint density at radius 1 is 1.46 bits per heavy atom. The average molecular weight is 199 g/mol. The quantitative estimate of drug-likeness (QED) is 0.717. The molecule has 0 radical (unpaired) electrons. The minimum atomic E-state index is 0.489. The standard InChI is InChI=1S/C11H15ClO/c1-4-8(2)9-6-5-7-10(13-3)11(9)12/h5-8H,4H2,1-3H3. The van der Waals surface area contributed by atoms with Crippen molar-refractivity contribution in [2.45, 2.75) is 26.2 Å². The van der Waals surface area contributed by atoms with Crippen molar-refractivity contribution in [2.24, 2.45) is 0 Å². The third kappa shape index (κ3) is 2.16. The Bertz CT molecular complexity index is 283. The highest BCUT2D eigenvalue weighted by Gasteiger charge is 2.10. The van der Waals surface area contributed by atoms with E-state index in [2.05, 4.69) is 19.9 Å². The van der Waals surface area contributed by atoms with Gasteiger partial charge >= 0.3 is 0 Å². The van der Waals surface area contributed by atoms with Crippen LogP contribution in [0.15, 0.2) is 18.2 Å². The molecule has 1 atom stereocenters. The summed E-state index contributed by atoms with van der Waals surface area (Å²) in [4.78, 5) is 0. The molecule has 0 aliphatic heterocycles. The van der Waals surface area contributed by atoms with Crippen molar-refractivity contribution < 1.29 is 4.74 Å². The largest absolute Gasteiger partial charge is 0.495 e. The second-order valence-corrected chi connectivity index (χ2v) is 3.55. The molecule has 0 aliphatic carbocycles. The molecule has 1 nitrogen and oxygen atoms in total. The Hall–Kier alpha value is -0.690. The van der Waals surface area contributed by atoms with Gasteiger partial charge in [-0.1, -0.05) is 37.6 Å². The van der Waals surface area contributed by atoms with Gasteiger partial charge in [-0.3, -0.25) is 0 Å². The molecule has 0 fully saturated rings. The van der Waals surface area contributed by atoms with Crippen molar-refractivity contribution >= 4 is 11.6 Å². The number of rotatable bonds is 3. The Labute approximate surface area is 84.7 Å². The summed E-state index contributed by atoms with van der Waals surface area (Å²) >= 11 is 6.16. The minimum absolute atomic E-state index is 0.489. The van der Waals surface area contributed by atoms with Gasteiger partial charge in [-0.25, -0.2) is 0 Å². The summed E-state index contributed by atoms with van der Waals surface area (Å²) in [6.07, 6.45) is 1.09. The highest BCUT2D eigenvalue weighted by Crippen LogP contribution is 2.33. The molecular weight excluding hydrogens is 184 g/mol. The summed E-state index contributed by atoms with van der Waals surface area (Å²) in [6.45, 7) is 4.32. The van der Waals surface area contributed by atoms with Crippen molar-refractivity contribution in [3.05, 3.63) is 28.8 Å². The number of hydrogen-bond donors (Lipinski definition) is 0. The molecule has 0 spiro atoms. The lowest BCUT2D eigenvalue weighted by Crippen LogP contribution is -1.94. The van der Waals surface area contributed by atoms with Crippen LogP contribution in [0.2, 0.25) is 5.02 Å². The second-order valence-electron chi connectivity index (χ2n) is 3.17. The molecule has 13 heavy (non-hydrogen) atoms. The predicted octanol–water partition coefficient (Wildman–Crippen LogP) is 3.86. The molecule has 0 amide bonds. The lowest BCUT2D eigenvalue weighted by molar-refractivity contribution is 0.414. The van der Waals surface area contributed by atoms with E-state index < -0.39 is 0 Å². The highest BCUT2D eigenvalue weighted by molar-refractivity contribution is 6.32. The van der Waals surface area contributed by atoms with Crippen LogP contribution in [0.5, 0.6) is 5.75 Å². The van der Waals surface area contributed by atoms with Crippen LogP contribution in [-0.4, -0.2) is 7.11 Å². The topological polar surface area (TPSA) is 9.23 Å². The van der Waals surface area contributed by atoms with E-state index in [0.29, 0.717) is 5.92 Å². The molecule has 0 heterocycles. The zero-order valence-electron chi connectivity index (χ0n) is 8.30. The molecule has 2 heteroatoms. The van der Waals surface area contributed by atoms with Crippen LogP contribution in [0.4, 0.5) is 0 Å². The lowest BCUT2D eigenvalue weighted by Gasteiger charge is -2.13. The predicted molar refractivity (Wildman–Crippen MR) is 56.7 cm³/mol. The van der Waals surface area contributed by atoms with Crippen LogP contribution in [0, 0.1) is 0 Å². The minimum Gasteiger partial charge on any atom is -0.495 e. The van der Waals surface area contributed by atoms with Gasteiger partial charge in [0, 0.05) is 0 Å². The monoisotopic (exact) mass is 198 g/mol. The third-order valence-electron chi connectivity index (χ3n) is 2.36. The summed E-state index contributed by atoms with van der Waals surface area (Å²) in [6, 6.07) is 5.92. The fourth-order valence-corrected chi connectivity index (χ4v) is 1.68. The van der Waals surface area contributed by atoms with E-state index in [4.69, 9.17) is 16.3 Å². The molecule has 0 saturated carbocycles. The van der Waals surface area contributed by atoms with Gasteiger partial charge in [0.15, 0.2) is 0 Å². The number of methoxy groups -OCH3 is 1. The van der Waals surface area contributed by atoms with Gasteiger partial charge in [0.1, 0.15) is 5.75 Å². The van der Waals surface area contributed by atoms with Crippen LogP contribution in [0.25, 0.3) is 0 Å². The molecular formula is C11H15ClO. The molecule has 1 rings (SSSR count). The van der Waals surface area contributed by atoms with Crippen LogP contribution in [-0.2, 0) is 0 Å². The van der Waals surface area contributed by atoms with Crippen molar-refractivity contribution in [1.82, 2.24) is 0 Å². The molecule has 1 aromatic rings. The lowest BCUT2D eigenvalue weighted by atomic mass is 9.98. The van der Waals surface area contributed by atoms with Gasteiger partial charge in [-0.05, 0) is 24.0 Å². The SMILES string of the molecule is CCC(C)c1cccc(OC)c1Cl. The number of benzene rings is 1. The first-order chi connectivity index (χ1) is 6.20. The summed E-state index contributed by atoms with van der Waals surface area (Å²) < 4.78 is 5.15. The van der Waals surface area contributed by atoms with Gasteiger partial charge < -0.3 is 4.74 Å². The van der Waals surface area contributed by atoms with E-state index in [1.165, 1.54) is 5.56 Å². The molecule has 1 aromatic carbocycles. The smallest absolute Gasteiger partial charge is 0.137 e. The van der Waals surface area contributed by atoms with E-state index >= 15 is 0 Å². The highest BCUT2D eigenvalue weighted by atomic mass is 35.5. The first-order valence-corrected chi connectivity index (χ1v) is 4.90. The first-order valence-electron chi connectivity index (χ1n) is 4.53. The molecule has 1 unspecified atom stereocenters. The van der Waals surface area contributed by atoms with Gasteiger partial charge in [-0.2, -0.15) is 0 Å². The summed E-state index contributed by atoms with van der Waals surface area (Å²) in [5.74, 6) is 1.25. The van der Waals surface area contributed by atoms with Crippen molar-refractivity contribution in [3.63, 3.8) is 0 Å².